The van der Waals surface area contributed by atoms with E-state index in [1.807, 2.05) is 20.8 Å². The van der Waals surface area contributed by atoms with Crippen LogP contribution in [0.4, 0.5) is 0 Å². The summed E-state index contributed by atoms with van der Waals surface area (Å²) in [5, 5.41) is 0.722. The van der Waals surface area contributed by atoms with Crippen LogP contribution < -0.4 is 0 Å². The van der Waals surface area contributed by atoms with Gasteiger partial charge in [0.2, 0.25) is 0 Å². The lowest BCUT2D eigenvalue weighted by Crippen LogP contribution is -2.01. The molecule has 0 aliphatic heterocycles. The molecule has 0 fully saturated rings. The minimum absolute atomic E-state index is 0.180. The Kier molecular flexibility index (Phi) is 5.22. The highest BCUT2D eigenvalue weighted by atomic mass is 35.5. The summed E-state index contributed by atoms with van der Waals surface area (Å²) >= 11 is 5.86. The SMILES string of the molecule is CCC(=O)/C(CC)=C(\Cl)CC. The number of carbonyl (C=O) groups excluding carboxylic acids is 1. The molecule has 0 radical (unpaired) electrons. The number of hydrogen-bond donors (Lipinski definition) is 0. The van der Waals surface area contributed by atoms with Gasteiger partial charge >= 0.3 is 0 Å². The van der Waals surface area contributed by atoms with Gasteiger partial charge in [-0.3, -0.25) is 4.79 Å². The fourth-order valence-electron chi connectivity index (χ4n) is 0.967. The molecule has 0 unspecified atom stereocenters. The van der Waals surface area contributed by atoms with Crippen LogP contribution in [0.5, 0.6) is 0 Å². The second kappa shape index (κ2) is 5.36. The molecule has 2 heteroatoms. The Morgan fingerprint density at radius 1 is 1.09 bits per heavy atom. The first-order valence-corrected chi connectivity index (χ1v) is 4.45. The lowest BCUT2D eigenvalue weighted by Gasteiger charge is -2.03. The molecule has 0 rings (SSSR count). The largest absolute Gasteiger partial charge is 0.295 e. The number of hydrogen-bond acceptors (Lipinski definition) is 1. The van der Waals surface area contributed by atoms with Gasteiger partial charge < -0.3 is 0 Å². The van der Waals surface area contributed by atoms with Crippen LogP contribution in [0.2, 0.25) is 0 Å². The standard InChI is InChI=1S/C9H15ClO/c1-4-7(8(10)5-2)9(11)6-3/h4-6H2,1-3H3/b8-7-. The molecule has 0 N–H and O–H groups in total. The maximum Gasteiger partial charge on any atom is 0.159 e. The van der Waals surface area contributed by atoms with Crippen molar-refractivity contribution < 1.29 is 4.79 Å². The van der Waals surface area contributed by atoms with Gasteiger partial charge in [0.25, 0.3) is 0 Å². The lowest BCUT2D eigenvalue weighted by atomic mass is 10.1. The van der Waals surface area contributed by atoms with E-state index in [0.29, 0.717) is 6.42 Å². The van der Waals surface area contributed by atoms with E-state index in [1.165, 1.54) is 0 Å². The lowest BCUT2D eigenvalue weighted by molar-refractivity contribution is -0.115. The van der Waals surface area contributed by atoms with Crippen molar-refractivity contribution in [2.45, 2.75) is 40.0 Å². The van der Waals surface area contributed by atoms with Gasteiger partial charge in [-0.2, -0.15) is 0 Å². The monoisotopic (exact) mass is 174 g/mol. The maximum absolute atomic E-state index is 11.2. The average molecular weight is 175 g/mol. The summed E-state index contributed by atoms with van der Waals surface area (Å²) in [6.45, 7) is 5.78. The number of Topliss-reactive ketones (excluding diaryl/α,β-unsaturated/α-hetero) is 1. The molecular formula is C9H15ClO. The average Bonchev–Trinajstić information content (AvgIpc) is 2.05. The smallest absolute Gasteiger partial charge is 0.159 e. The number of ketones is 1. The van der Waals surface area contributed by atoms with E-state index in [0.717, 1.165) is 23.4 Å². The Labute approximate surface area is 73.4 Å². The van der Waals surface area contributed by atoms with Crippen molar-refractivity contribution in [1.82, 2.24) is 0 Å². The molecule has 0 bridgehead atoms. The molecule has 11 heavy (non-hydrogen) atoms. The third kappa shape index (κ3) is 3.06. The molecule has 0 aliphatic rings. The predicted molar refractivity (Wildman–Crippen MR) is 48.8 cm³/mol. The van der Waals surface area contributed by atoms with E-state index in [4.69, 9.17) is 11.6 Å². The molecule has 64 valence electrons. The van der Waals surface area contributed by atoms with E-state index in [2.05, 4.69) is 0 Å². The van der Waals surface area contributed by atoms with Crippen LogP contribution >= 0.6 is 11.6 Å². The summed E-state index contributed by atoms with van der Waals surface area (Å²) in [6.07, 6.45) is 2.06. The molecule has 0 aliphatic carbocycles. The zero-order valence-corrected chi connectivity index (χ0v) is 8.16. The molecule has 0 saturated heterocycles. The third-order valence-electron chi connectivity index (χ3n) is 1.65. The molecule has 0 aromatic carbocycles. The van der Waals surface area contributed by atoms with E-state index in [1.54, 1.807) is 0 Å². The quantitative estimate of drug-likeness (QED) is 0.598. The van der Waals surface area contributed by atoms with Crippen LogP contribution in [0.15, 0.2) is 10.6 Å². The molecule has 0 aromatic heterocycles. The van der Waals surface area contributed by atoms with Crippen LogP contribution in [-0.2, 0) is 4.79 Å². The van der Waals surface area contributed by atoms with Crippen LogP contribution in [0, 0.1) is 0 Å². The molecule has 0 amide bonds. The van der Waals surface area contributed by atoms with Gasteiger partial charge in [-0.15, -0.1) is 0 Å². The zero-order valence-electron chi connectivity index (χ0n) is 7.41. The van der Waals surface area contributed by atoms with Crippen LogP contribution in [-0.4, -0.2) is 5.78 Å². The van der Waals surface area contributed by atoms with Crippen molar-refractivity contribution in [3.05, 3.63) is 10.6 Å². The highest BCUT2D eigenvalue weighted by Gasteiger charge is 2.08. The van der Waals surface area contributed by atoms with Crippen molar-refractivity contribution >= 4 is 17.4 Å². The summed E-state index contributed by atoms with van der Waals surface area (Å²) < 4.78 is 0. The van der Waals surface area contributed by atoms with Crippen LogP contribution in [0.1, 0.15) is 40.0 Å². The van der Waals surface area contributed by atoms with Gasteiger partial charge in [0.05, 0.1) is 0 Å². The second-order valence-corrected chi connectivity index (χ2v) is 2.82. The zero-order chi connectivity index (χ0) is 8.85. The molecule has 0 aromatic rings. The van der Waals surface area contributed by atoms with Crippen molar-refractivity contribution in [3.8, 4) is 0 Å². The van der Waals surface area contributed by atoms with E-state index >= 15 is 0 Å². The Hall–Kier alpha value is -0.300. The van der Waals surface area contributed by atoms with Crippen molar-refractivity contribution in [3.63, 3.8) is 0 Å². The minimum Gasteiger partial charge on any atom is -0.295 e. The van der Waals surface area contributed by atoms with E-state index < -0.39 is 0 Å². The van der Waals surface area contributed by atoms with Gasteiger partial charge in [0.15, 0.2) is 5.78 Å². The van der Waals surface area contributed by atoms with E-state index in [-0.39, 0.29) is 5.78 Å². The first kappa shape index (κ1) is 10.7. The third-order valence-corrected chi connectivity index (χ3v) is 2.14. The second-order valence-electron chi connectivity index (χ2n) is 2.37. The topological polar surface area (TPSA) is 17.1 Å². The van der Waals surface area contributed by atoms with Gasteiger partial charge in [0, 0.05) is 17.0 Å². The number of halogens is 1. The van der Waals surface area contributed by atoms with Gasteiger partial charge in [0.1, 0.15) is 0 Å². The maximum atomic E-state index is 11.2. The molecule has 0 atom stereocenters. The molecule has 0 heterocycles. The number of carbonyl (C=O) groups is 1. The predicted octanol–water partition coefficient (Wildman–Crippen LogP) is 3.28. The Balaban J connectivity index is 4.50. The summed E-state index contributed by atoms with van der Waals surface area (Å²) in [6, 6.07) is 0. The summed E-state index contributed by atoms with van der Waals surface area (Å²) in [7, 11) is 0. The van der Waals surface area contributed by atoms with Gasteiger partial charge in [-0.1, -0.05) is 32.4 Å². The first-order chi connectivity index (χ1) is 5.17. The fourth-order valence-corrected chi connectivity index (χ4v) is 1.21. The number of allylic oxidation sites excluding steroid dienone is 2. The van der Waals surface area contributed by atoms with Crippen LogP contribution in [0.3, 0.4) is 0 Å². The fraction of sp³-hybridized carbons (Fsp3) is 0.667. The highest BCUT2D eigenvalue weighted by Crippen LogP contribution is 2.18. The Bertz CT molecular complexity index is 170. The summed E-state index contributed by atoms with van der Waals surface area (Å²) in [5.41, 5.74) is 0.802. The van der Waals surface area contributed by atoms with Gasteiger partial charge in [-0.25, -0.2) is 0 Å². The van der Waals surface area contributed by atoms with Crippen molar-refractivity contribution in [2.24, 2.45) is 0 Å². The molecular weight excluding hydrogens is 160 g/mol. The summed E-state index contributed by atoms with van der Waals surface area (Å²) in [4.78, 5) is 11.2. The molecule has 0 saturated carbocycles. The molecule has 1 nitrogen and oxygen atoms in total. The van der Waals surface area contributed by atoms with Gasteiger partial charge in [-0.05, 0) is 12.8 Å². The normalized spacial score (nSPS) is 12.7. The Morgan fingerprint density at radius 2 is 1.64 bits per heavy atom. The van der Waals surface area contributed by atoms with Crippen molar-refractivity contribution in [1.29, 1.82) is 0 Å². The minimum atomic E-state index is 0.180. The highest BCUT2D eigenvalue weighted by molar-refractivity contribution is 6.31. The molecule has 0 spiro atoms. The summed E-state index contributed by atoms with van der Waals surface area (Å²) in [5.74, 6) is 0.180. The van der Waals surface area contributed by atoms with E-state index in [9.17, 15) is 4.79 Å². The first-order valence-electron chi connectivity index (χ1n) is 4.08. The number of rotatable bonds is 4. The van der Waals surface area contributed by atoms with Crippen LogP contribution in [0.25, 0.3) is 0 Å². The Morgan fingerprint density at radius 3 is 1.91 bits per heavy atom. The van der Waals surface area contributed by atoms with Crippen molar-refractivity contribution in [2.75, 3.05) is 0 Å².